The minimum atomic E-state index is -4.91. The number of ether oxygens (including phenoxy) is 5. The van der Waals surface area contributed by atoms with Crippen molar-refractivity contribution < 1.29 is 64.7 Å². The molecule has 2 aliphatic rings. The first kappa shape index (κ1) is 43.8. The summed E-state index contributed by atoms with van der Waals surface area (Å²) < 4.78 is 107. The Kier molecular flexibility index (Phi) is 13.6. The maximum Gasteiger partial charge on any atom is 0.430 e. The van der Waals surface area contributed by atoms with E-state index >= 15 is 0 Å². The normalized spacial score (nSPS) is 15.9. The Morgan fingerprint density at radius 3 is 1.58 bits per heavy atom. The Morgan fingerprint density at radius 1 is 0.684 bits per heavy atom. The van der Waals surface area contributed by atoms with Crippen LogP contribution in [-0.2, 0) is 20.7 Å². The fourth-order valence-electron chi connectivity index (χ4n) is 5.24. The standard InChI is InChI=1S/C21H17Cl2F3O4.C17H8BrCl2F3O4/c1-3-11-5-6-16(14(22)7-11)29-18-10-17-12(9-15(18)23)8-13(20(27)28-4-2)19(30-17)21(24,25)26;18-8-1-2-12(11(20)5-8)26-14-6-13-7(4-10(14)19)3-9(16(24)25)15(27-13)17(21,22)23/h5-10,19H,3-4H2,1-2H3;1-6,15H,(H,24,25). The third kappa shape index (κ3) is 10.4. The second-order valence-electron chi connectivity index (χ2n) is 11.8. The molecule has 8 nitrogen and oxygen atoms in total. The van der Waals surface area contributed by atoms with Crippen LogP contribution in [0.5, 0.6) is 34.5 Å². The van der Waals surface area contributed by atoms with Crippen molar-refractivity contribution in [3.05, 3.63) is 113 Å². The lowest BCUT2D eigenvalue weighted by Gasteiger charge is -2.28. The highest BCUT2D eigenvalue weighted by Crippen LogP contribution is 2.45. The highest BCUT2D eigenvalue weighted by Gasteiger charge is 2.50. The highest BCUT2D eigenvalue weighted by molar-refractivity contribution is 9.10. The van der Waals surface area contributed by atoms with E-state index in [1.165, 1.54) is 25.1 Å². The van der Waals surface area contributed by atoms with E-state index in [1.54, 1.807) is 30.3 Å². The van der Waals surface area contributed by atoms with Crippen LogP contribution in [-0.4, -0.2) is 48.2 Å². The molecule has 0 spiro atoms. The molecule has 6 rings (SSSR count). The molecule has 2 aliphatic heterocycles. The Bertz CT molecular complexity index is 2280. The van der Waals surface area contributed by atoms with Crippen molar-refractivity contribution in [1.82, 2.24) is 0 Å². The van der Waals surface area contributed by atoms with Crippen LogP contribution in [0.2, 0.25) is 20.1 Å². The molecule has 4 aromatic rings. The third-order valence-electron chi connectivity index (χ3n) is 7.90. The summed E-state index contributed by atoms with van der Waals surface area (Å²) >= 11 is 27.9. The first-order valence-electron chi connectivity index (χ1n) is 16.3. The van der Waals surface area contributed by atoms with Gasteiger partial charge in [-0.2, -0.15) is 26.3 Å². The van der Waals surface area contributed by atoms with Crippen molar-refractivity contribution in [3.8, 4) is 34.5 Å². The second kappa shape index (κ2) is 17.7. The van der Waals surface area contributed by atoms with Gasteiger partial charge in [0.05, 0.1) is 37.8 Å². The Balaban J connectivity index is 0.000000219. The minimum absolute atomic E-state index is 0.00717. The van der Waals surface area contributed by atoms with Crippen LogP contribution in [0.25, 0.3) is 12.2 Å². The number of carbonyl (C=O) groups excluding carboxylic acids is 1. The van der Waals surface area contributed by atoms with Gasteiger partial charge in [0.15, 0.2) is 0 Å². The fraction of sp³-hybridized carbons (Fsp3) is 0.211. The van der Waals surface area contributed by atoms with Crippen molar-refractivity contribution in [2.45, 2.75) is 44.8 Å². The van der Waals surface area contributed by atoms with Gasteiger partial charge in [-0.15, -0.1) is 0 Å². The number of rotatable bonds is 8. The molecule has 0 fully saturated rings. The molecule has 0 aromatic heterocycles. The number of aryl methyl sites for hydroxylation is 1. The number of carbonyl (C=O) groups is 2. The quantitative estimate of drug-likeness (QED) is 0.138. The predicted octanol–water partition coefficient (Wildman–Crippen LogP) is 13.0. The molecule has 0 radical (unpaired) electrons. The number of hydrogen-bond donors (Lipinski definition) is 1. The zero-order valence-corrected chi connectivity index (χ0v) is 33.6. The Labute approximate surface area is 348 Å². The topological polar surface area (TPSA) is 101 Å². The zero-order valence-electron chi connectivity index (χ0n) is 29.0. The van der Waals surface area contributed by atoms with Crippen LogP contribution in [0.3, 0.4) is 0 Å². The van der Waals surface area contributed by atoms with Crippen molar-refractivity contribution in [2.24, 2.45) is 0 Å². The smallest absolute Gasteiger partial charge is 0.430 e. The number of carboxylic acid groups (broad SMARTS) is 1. The van der Waals surface area contributed by atoms with Gasteiger partial charge in [-0.25, -0.2) is 9.59 Å². The summed E-state index contributed by atoms with van der Waals surface area (Å²) in [5.74, 6) is -2.59. The zero-order chi connectivity index (χ0) is 42.0. The highest BCUT2D eigenvalue weighted by atomic mass is 79.9. The van der Waals surface area contributed by atoms with E-state index in [9.17, 15) is 35.9 Å². The van der Waals surface area contributed by atoms with E-state index < -0.39 is 47.6 Å². The van der Waals surface area contributed by atoms with Gasteiger partial charge in [0.25, 0.3) is 0 Å². The molecule has 0 amide bonds. The largest absolute Gasteiger partial charge is 0.478 e. The summed E-state index contributed by atoms with van der Waals surface area (Å²) in [6, 6.07) is 15.0. The summed E-state index contributed by atoms with van der Waals surface area (Å²) in [5.41, 5.74) is -0.303. The molecule has 1 N–H and O–H groups in total. The first-order chi connectivity index (χ1) is 26.7. The van der Waals surface area contributed by atoms with Gasteiger partial charge in [0.2, 0.25) is 12.2 Å². The van der Waals surface area contributed by atoms with E-state index in [0.717, 1.165) is 30.2 Å². The van der Waals surface area contributed by atoms with E-state index in [1.807, 2.05) is 13.0 Å². The van der Waals surface area contributed by atoms with Crippen LogP contribution < -0.4 is 18.9 Å². The molecule has 57 heavy (non-hydrogen) atoms. The van der Waals surface area contributed by atoms with E-state index in [0.29, 0.717) is 15.2 Å². The van der Waals surface area contributed by atoms with E-state index in [-0.39, 0.29) is 61.5 Å². The van der Waals surface area contributed by atoms with Gasteiger partial charge < -0.3 is 28.8 Å². The van der Waals surface area contributed by atoms with Gasteiger partial charge in [-0.3, -0.25) is 0 Å². The Hall–Kier alpha value is -4.28. The fourth-order valence-corrected chi connectivity index (χ4v) is 6.61. The minimum Gasteiger partial charge on any atom is -0.478 e. The average molecular weight is 945 g/mol. The van der Waals surface area contributed by atoms with Gasteiger partial charge in [-0.1, -0.05) is 75.3 Å². The van der Waals surface area contributed by atoms with Crippen LogP contribution in [0.1, 0.15) is 30.5 Å². The molecule has 0 saturated carbocycles. The number of esters is 1. The van der Waals surface area contributed by atoms with Gasteiger partial charge in [-0.05, 0) is 73.5 Å². The van der Waals surface area contributed by atoms with Crippen molar-refractivity contribution in [1.29, 1.82) is 0 Å². The monoisotopic (exact) mass is 942 g/mol. The number of halogens is 11. The Morgan fingerprint density at radius 2 is 1.14 bits per heavy atom. The number of carboxylic acids is 1. The molecular weight excluding hydrogens is 920 g/mol. The summed E-state index contributed by atoms with van der Waals surface area (Å²) in [4.78, 5) is 23.2. The summed E-state index contributed by atoms with van der Waals surface area (Å²) in [7, 11) is 0. The maximum atomic E-state index is 13.5. The van der Waals surface area contributed by atoms with Crippen molar-refractivity contribution in [3.63, 3.8) is 0 Å². The van der Waals surface area contributed by atoms with Crippen molar-refractivity contribution in [2.75, 3.05) is 6.61 Å². The van der Waals surface area contributed by atoms with Crippen LogP contribution >= 0.6 is 62.3 Å². The molecular formula is C38H25BrCl4F6O8. The lowest BCUT2D eigenvalue weighted by molar-refractivity contribution is -0.187. The summed E-state index contributed by atoms with van der Waals surface area (Å²) in [6.07, 6.45) is -12.1. The van der Waals surface area contributed by atoms with E-state index in [4.69, 9.17) is 75.2 Å². The third-order valence-corrected chi connectivity index (χ3v) is 9.57. The molecule has 302 valence electrons. The van der Waals surface area contributed by atoms with Crippen LogP contribution in [0.4, 0.5) is 26.3 Å². The van der Waals surface area contributed by atoms with Crippen molar-refractivity contribution >= 4 is 86.4 Å². The van der Waals surface area contributed by atoms with Gasteiger partial charge in [0, 0.05) is 27.7 Å². The average Bonchev–Trinajstić information content (AvgIpc) is 3.12. The van der Waals surface area contributed by atoms with Crippen LogP contribution in [0, 0.1) is 0 Å². The number of benzene rings is 4. The lowest BCUT2D eigenvalue weighted by Crippen LogP contribution is -2.40. The van der Waals surface area contributed by atoms with Gasteiger partial charge in [0.1, 0.15) is 34.5 Å². The van der Waals surface area contributed by atoms with E-state index in [2.05, 4.69) is 15.9 Å². The van der Waals surface area contributed by atoms with Gasteiger partial charge >= 0.3 is 24.3 Å². The second-order valence-corrected chi connectivity index (χ2v) is 14.4. The first-order valence-corrected chi connectivity index (χ1v) is 18.6. The summed E-state index contributed by atoms with van der Waals surface area (Å²) in [5, 5.41) is 9.78. The molecule has 19 heteroatoms. The molecule has 2 atom stereocenters. The molecule has 2 heterocycles. The molecule has 2 unspecified atom stereocenters. The summed E-state index contributed by atoms with van der Waals surface area (Å²) in [6.45, 7) is 3.40. The number of hydrogen-bond acceptors (Lipinski definition) is 7. The number of aliphatic carboxylic acids is 1. The number of fused-ring (bicyclic) bond motifs is 2. The molecule has 4 aromatic carbocycles. The molecule has 0 bridgehead atoms. The molecule has 0 saturated heterocycles. The molecule has 0 aliphatic carbocycles. The SMILES string of the molecule is CCOC(=O)C1=Cc2cc(Cl)c(Oc3ccc(CC)cc3Cl)cc2OC1C(F)(F)F.O=C(O)C1=Cc2cc(Cl)c(Oc3ccc(Br)cc3Cl)cc2OC1C(F)(F)F. The lowest BCUT2D eigenvalue weighted by atomic mass is 10.0. The predicted molar refractivity (Wildman–Crippen MR) is 204 cm³/mol. The number of alkyl halides is 6. The maximum absolute atomic E-state index is 13.5. The van der Waals surface area contributed by atoms with Crippen LogP contribution in [0.15, 0.2) is 76.3 Å².